The molecule has 4 atom stereocenters. The SMILES string of the molecule is CC(C)[C@]1(C(O)=[N+]2CCc3ccc(C(F)(F)F)cc3C2)CC[C@@H](NC2CCOCC2O)C1. The largest absolute Gasteiger partial charge is 0.463 e. The fourth-order valence-electron chi connectivity index (χ4n) is 5.65. The van der Waals surface area contributed by atoms with E-state index in [0.717, 1.165) is 37.3 Å². The predicted molar refractivity (Wildman–Crippen MR) is 115 cm³/mol. The van der Waals surface area contributed by atoms with Crippen LogP contribution in [0.1, 0.15) is 56.2 Å². The van der Waals surface area contributed by atoms with Crippen molar-refractivity contribution in [1.82, 2.24) is 5.32 Å². The second kappa shape index (κ2) is 8.95. The zero-order chi connectivity index (χ0) is 23.1. The Labute approximate surface area is 187 Å². The van der Waals surface area contributed by atoms with Crippen LogP contribution in [0.4, 0.5) is 13.2 Å². The third-order valence-corrected chi connectivity index (χ3v) is 7.72. The molecular weight excluding hydrogens is 421 g/mol. The van der Waals surface area contributed by atoms with Gasteiger partial charge in [0.25, 0.3) is 0 Å². The molecule has 0 bridgehead atoms. The standard InChI is InChI=1S/C24H33F3N2O3/c1-15(2)23(8-5-19(12-23)28-20-7-10-32-14-21(20)30)22(31)29-9-6-16-3-4-18(24(25,26)27)11-17(16)13-29/h3-4,11,15,19-21,28,30H,5-10,12-14H2,1-2H3/p+1/t19-,20?,21?,23+/m1/s1. The van der Waals surface area contributed by atoms with Gasteiger partial charge in [-0.2, -0.15) is 17.7 Å². The van der Waals surface area contributed by atoms with Crippen molar-refractivity contribution in [1.29, 1.82) is 0 Å². The molecule has 1 aromatic rings. The third-order valence-electron chi connectivity index (χ3n) is 7.72. The summed E-state index contributed by atoms with van der Waals surface area (Å²) >= 11 is 0. The van der Waals surface area contributed by atoms with Crippen LogP contribution in [0.2, 0.25) is 0 Å². The molecule has 2 heterocycles. The van der Waals surface area contributed by atoms with Crippen LogP contribution < -0.4 is 5.32 Å². The normalized spacial score (nSPS) is 32.8. The Hall–Kier alpha value is -1.64. The number of nitrogens with one attached hydrogen (secondary N) is 1. The highest BCUT2D eigenvalue weighted by molar-refractivity contribution is 5.77. The summed E-state index contributed by atoms with van der Waals surface area (Å²) in [6.07, 6.45) is -1.10. The predicted octanol–water partition coefficient (Wildman–Crippen LogP) is 3.66. The van der Waals surface area contributed by atoms with Gasteiger partial charge in [-0.05, 0) is 49.3 Å². The average molecular weight is 456 g/mol. The molecule has 1 saturated carbocycles. The smallest absolute Gasteiger partial charge is 0.416 e. The van der Waals surface area contributed by atoms with Gasteiger partial charge in [-0.1, -0.05) is 19.9 Å². The van der Waals surface area contributed by atoms with Crippen molar-refractivity contribution in [3.8, 4) is 0 Å². The molecule has 32 heavy (non-hydrogen) atoms. The fourth-order valence-corrected chi connectivity index (χ4v) is 5.65. The number of alkyl halides is 3. The molecule has 1 aliphatic carbocycles. The van der Waals surface area contributed by atoms with Gasteiger partial charge in [-0.15, -0.1) is 0 Å². The van der Waals surface area contributed by atoms with Crippen molar-refractivity contribution >= 4 is 5.90 Å². The topological polar surface area (TPSA) is 64.7 Å². The van der Waals surface area contributed by atoms with E-state index < -0.39 is 23.3 Å². The lowest BCUT2D eigenvalue weighted by Crippen LogP contribution is -2.50. The van der Waals surface area contributed by atoms with Crippen LogP contribution in [0.5, 0.6) is 0 Å². The van der Waals surface area contributed by atoms with Crippen LogP contribution in [0.3, 0.4) is 0 Å². The molecule has 8 heteroatoms. The minimum absolute atomic E-state index is 0.0125. The van der Waals surface area contributed by atoms with E-state index in [1.807, 2.05) is 4.58 Å². The first-order chi connectivity index (χ1) is 15.1. The Morgan fingerprint density at radius 2 is 2.03 bits per heavy atom. The van der Waals surface area contributed by atoms with Gasteiger partial charge >= 0.3 is 12.1 Å². The van der Waals surface area contributed by atoms with Gasteiger partial charge in [0.1, 0.15) is 0 Å². The summed E-state index contributed by atoms with van der Waals surface area (Å²) in [5.74, 6) is 0.476. The lowest BCUT2D eigenvalue weighted by Gasteiger charge is -2.33. The lowest BCUT2D eigenvalue weighted by atomic mass is 9.74. The van der Waals surface area contributed by atoms with E-state index >= 15 is 0 Å². The van der Waals surface area contributed by atoms with Gasteiger partial charge in [0.15, 0.2) is 13.1 Å². The molecule has 3 N–H and O–H groups in total. The second-order valence-electron chi connectivity index (χ2n) is 9.93. The number of rotatable bonds is 4. The molecule has 0 aromatic heterocycles. The van der Waals surface area contributed by atoms with E-state index in [9.17, 15) is 23.4 Å². The van der Waals surface area contributed by atoms with Crippen LogP contribution in [0.25, 0.3) is 0 Å². The summed E-state index contributed by atoms with van der Waals surface area (Å²) in [6.45, 7) is 6.04. The molecule has 2 aliphatic heterocycles. The highest BCUT2D eigenvalue weighted by Crippen LogP contribution is 2.45. The zero-order valence-corrected chi connectivity index (χ0v) is 18.8. The van der Waals surface area contributed by atoms with Gasteiger partial charge < -0.3 is 20.3 Å². The van der Waals surface area contributed by atoms with E-state index in [2.05, 4.69) is 19.2 Å². The Bertz CT molecular complexity index is 871. The van der Waals surface area contributed by atoms with E-state index in [1.54, 1.807) is 6.07 Å². The van der Waals surface area contributed by atoms with Crippen molar-refractivity contribution in [3.05, 3.63) is 34.9 Å². The maximum atomic E-state index is 13.2. The van der Waals surface area contributed by atoms with Gasteiger partial charge in [0.05, 0.1) is 23.7 Å². The lowest BCUT2D eigenvalue weighted by molar-refractivity contribution is -0.559. The van der Waals surface area contributed by atoms with Gasteiger partial charge in [-0.25, -0.2) is 0 Å². The molecular formula is C24H34F3N2O3+. The van der Waals surface area contributed by atoms with Crippen LogP contribution >= 0.6 is 0 Å². The molecule has 0 radical (unpaired) electrons. The Morgan fingerprint density at radius 3 is 2.72 bits per heavy atom. The van der Waals surface area contributed by atoms with Crippen molar-refractivity contribution in [2.45, 2.75) is 76.9 Å². The van der Waals surface area contributed by atoms with Gasteiger partial charge in [0.2, 0.25) is 0 Å². The second-order valence-corrected chi connectivity index (χ2v) is 9.93. The molecule has 0 spiro atoms. The van der Waals surface area contributed by atoms with E-state index in [4.69, 9.17) is 4.74 Å². The summed E-state index contributed by atoms with van der Waals surface area (Å²) in [7, 11) is 0. The zero-order valence-electron chi connectivity index (χ0n) is 18.8. The Kier molecular flexibility index (Phi) is 6.58. The summed E-state index contributed by atoms with van der Waals surface area (Å²) in [4.78, 5) is 0. The molecule has 2 fully saturated rings. The van der Waals surface area contributed by atoms with Crippen LogP contribution in [0, 0.1) is 11.3 Å². The monoisotopic (exact) mass is 455 g/mol. The van der Waals surface area contributed by atoms with E-state index in [0.29, 0.717) is 37.6 Å². The van der Waals surface area contributed by atoms with Gasteiger partial charge in [0, 0.05) is 30.7 Å². The first kappa shape index (κ1) is 23.5. The summed E-state index contributed by atoms with van der Waals surface area (Å²) in [6, 6.07) is 4.10. The number of hydrogen-bond acceptors (Lipinski definition) is 3. The molecule has 178 valence electrons. The van der Waals surface area contributed by atoms with Crippen LogP contribution in [-0.4, -0.2) is 58.6 Å². The Morgan fingerprint density at radius 1 is 1.25 bits per heavy atom. The maximum absolute atomic E-state index is 13.2. The minimum Gasteiger partial charge on any atom is -0.463 e. The van der Waals surface area contributed by atoms with Crippen molar-refractivity contribution in [2.24, 2.45) is 11.3 Å². The van der Waals surface area contributed by atoms with E-state index in [-0.39, 0.29) is 24.5 Å². The molecule has 5 nitrogen and oxygen atoms in total. The molecule has 3 aliphatic rings. The quantitative estimate of drug-likeness (QED) is 0.479. The fraction of sp³-hybridized carbons (Fsp3) is 0.708. The number of aliphatic hydroxyl groups is 2. The molecule has 1 aromatic carbocycles. The number of aliphatic hydroxyl groups excluding tert-OH is 2. The molecule has 4 rings (SSSR count). The van der Waals surface area contributed by atoms with Crippen molar-refractivity contribution < 1.29 is 32.7 Å². The van der Waals surface area contributed by atoms with Gasteiger partial charge in [-0.3, -0.25) is 0 Å². The molecule has 1 saturated heterocycles. The first-order valence-corrected chi connectivity index (χ1v) is 11.6. The number of benzene rings is 1. The number of ether oxygens (including phenoxy) is 1. The number of hydrogen-bond donors (Lipinski definition) is 3. The van der Waals surface area contributed by atoms with Crippen LogP contribution in [0.15, 0.2) is 18.2 Å². The Balaban J connectivity index is 1.55. The average Bonchev–Trinajstić information content (AvgIpc) is 3.19. The highest BCUT2D eigenvalue weighted by atomic mass is 19.4. The van der Waals surface area contributed by atoms with E-state index in [1.165, 1.54) is 6.07 Å². The van der Waals surface area contributed by atoms with Crippen LogP contribution in [-0.2, 0) is 23.9 Å². The highest BCUT2D eigenvalue weighted by Gasteiger charge is 2.51. The maximum Gasteiger partial charge on any atom is 0.416 e. The summed E-state index contributed by atoms with van der Waals surface area (Å²) < 4.78 is 46.8. The number of halogens is 3. The summed E-state index contributed by atoms with van der Waals surface area (Å²) in [5.41, 5.74) is 0.485. The summed E-state index contributed by atoms with van der Waals surface area (Å²) in [5, 5.41) is 25.2. The number of nitrogens with zero attached hydrogens (tertiary/aromatic N) is 1. The van der Waals surface area contributed by atoms with Crippen molar-refractivity contribution in [2.75, 3.05) is 19.8 Å². The number of fused-ring (bicyclic) bond motifs is 1. The molecule has 2 unspecified atom stereocenters. The minimum atomic E-state index is -4.37. The first-order valence-electron chi connectivity index (χ1n) is 11.6. The molecule has 0 amide bonds. The van der Waals surface area contributed by atoms with Crippen molar-refractivity contribution in [3.63, 3.8) is 0 Å². The third kappa shape index (κ3) is 4.54.